The number of hydrogen-bond acceptors (Lipinski definition) is 3. The number of methoxy groups -OCH3 is 1. The Hall–Kier alpha value is -1.22. The summed E-state index contributed by atoms with van der Waals surface area (Å²) in [6.45, 7) is 3.44. The fourth-order valence-corrected chi connectivity index (χ4v) is 1.37. The van der Waals surface area contributed by atoms with Crippen LogP contribution in [-0.4, -0.2) is 17.9 Å². The molecule has 0 aliphatic heterocycles. The van der Waals surface area contributed by atoms with E-state index in [4.69, 9.17) is 17.0 Å². The molecule has 1 aromatic carbocycles. The number of ether oxygens (including phenoxy) is 1. The second kappa shape index (κ2) is 4.33. The minimum atomic E-state index is 0.0447. The molecule has 2 nitrogen and oxygen atoms in total. The molecule has 0 bridgehead atoms. The average molecular weight is 208 g/mol. The first kappa shape index (κ1) is 10.9. The summed E-state index contributed by atoms with van der Waals surface area (Å²) in [5.74, 6) is 0.0447. The van der Waals surface area contributed by atoms with Crippen LogP contribution in [0.25, 0.3) is 0 Å². The van der Waals surface area contributed by atoms with E-state index in [1.54, 1.807) is 13.0 Å². The van der Waals surface area contributed by atoms with Gasteiger partial charge in [-0.2, -0.15) is 0 Å². The summed E-state index contributed by atoms with van der Waals surface area (Å²) in [6.07, 6.45) is 0. The van der Waals surface area contributed by atoms with Crippen molar-refractivity contribution < 1.29 is 9.53 Å². The summed E-state index contributed by atoms with van der Waals surface area (Å²) in [7, 11) is 1.52. The number of carbonyl (C=O) groups excluding carboxylic acids is 1. The van der Waals surface area contributed by atoms with Crippen molar-refractivity contribution in [2.24, 2.45) is 0 Å². The van der Waals surface area contributed by atoms with Crippen LogP contribution in [0.4, 0.5) is 0 Å². The van der Waals surface area contributed by atoms with Gasteiger partial charge in [-0.25, -0.2) is 0 Å². The van der Waals surface area contributed by atoms with Gasteiger partial charge < -0.3 is 4.74 Å². The highest BCUT2D eigenvalue weighted by Crippen LogP contribution is 2.13. The normalized spacial score (nSPS) is 9.64. The number of ketones is 1. The number of hydrogen-bond donors (Lipinski definition) is 0. The van der Waals surface area contributed by atoms with E-state index in [-0.39, 0.29) is 5.78 Å². The van der Waals surface area contributed by atoms with Gasteiger partial charge in [0.25, 0.3) is 0 Å². The lowest BCUT2D eigenvalue weighted by molar-refractivity contribution is 0.101. The fourth-order valence-electron chi connectivity index (χ4n) is 1.25. The third kappa shape index (κ3) is 2.17. The summed E-state index contributed by atoms with van der Waals surface area (Å²) in [5, 5.41) is 0.410. The van der Waals surface area contributed by atoms with E-state index in [0.29, 0.717) is 10.6 Å². The molecule has 0 spiro atoms. The molecule has 3 heteroatoms. The monoisotopic (exact) mass is 208 g/mol. The predicted octanol–water partition coefficient (Wildman–Crippen LogP) is 2.52. The van der Waals surface area contributed by atoms with Crippen molar-refractivity contribution in [3.63, 3.8) is 0 Å². The van der Waals surface area contributed by atoms with E-state index in [2.05, 4.69) is 0 Å². The van der Waals surface area contributed by atoms with Gasteiger partial charge in [0.05, 0.1) is 7.11 Å². The number of aryl methyl sites for hydroxylation is 1. The molecule has 0 aliphatic rings. The van der Waals surface area contributed by atoms with Crippen molar-refractivity contribution in [2.75, 3.05) is 7.11 Å². The fraction of sp³-hybridized carbons (Fsp3) is 0.273. The zero-order valence-corrected chi connectivity index (χ0v) is 9.27. The van der Waals surface area contributed by atoms with E-state index in [1.165, 1.54) is 7.11 Å². The van der Waals surface area contributed by atoms with E-state index in [1.807, 2.05) is 19.1 Å². The van der Waals surface area contributed by atoms with Crippen LogP contribution < -0.4 is 0 Å². The van der Waals surface area contributed by atoms with Crippen LogP contribution in [0, 0.1) is 6.92 Å². The lowest BCUT2D eigenvalue weighted by Gasteiger charge is -2.06. The highest BCUT2D eigenvalue weighted by molar-refractivity contribution is 7.80. The smallest absolute Gasteiger partial charge is 0.190 e. The number of carbonyl (C=O) groups is 1. The van der Waals surface area contributed by atoms with Gasteiger partial charge in [-0.3, -0.25) is 4.79 Å². The Bertz CT molecular complexity index is 383. The maximum absolute atomic E-state index is 11.2. The first-order valence-electron chi connectivity index (χ1n) is 4.26. The van der Waals surface area contributed by atoms with Gasteiger partial charge in [-0.05, 0) is 37.7 Å². The minimum Gasteiger partial charge on any atom is -0.486 e. The van der Waals surface area contributed by atoms with Gasteiger partial charge in [0.2, 0.25) is 0 Å². The topological polar surface area (TPSA) is 26.3 Å². The number of Topliss-reactive ketones (excluding diaryl/α,β-unsaturated/α-hetero) is 1. The second-order valence-corrected chi connectivity index (χ2v) is 3.45. The summed E-state index contributed by atoms with van der Waals surface area (Å²) >= 11 is 4.98. The Kier molecular flexibility index (Phi) is 3.36. The molecule has 0 fully saturated rings. The summed E-state index contributed by atoms with van der Waals surface area (Å²) in [6, 6.07) is 5.49. The summed E-state index contributed by atoms with van der Waals surface area (Å²) < 4.78 is 4.93. The Morgan fingerprint density at radius 2 is 2.07 bits per heavy atom. The molecule has 14 heavy (non-hydrogen) atoms. The van der Waals surface area contributed by atoms with Gasteiger partial charge in [-0.1, -0.05) is 12.1 Å². The first-order valence-corrected chi connectivity index (χ1v) is 4.67. The van der Waals surface area contributed by atoms with Gasteiger partial charge >= 0.3 is 0 Å². The van der Waals surface area contributed by atoms with Crippen LogP contribution in [0.3, 0.4) is 0 Å². The van der Waals surface area contributed by atoms with E-state index in [9.17, 15) is 4.79 Å². The van der Waals surface area contributed by atoms with E-state index in [0.717, 1.165) is 11.1 Å². The molecule has 0 saturated carbocycles. The molecule has 0 N–H and O–H groups in total. The van der Waals surface area contributed by atoms with Crippen LogP contribution in [0.5, 0.6) is 0 Å². The lowest BCUT2D eigenvalue weighted by atomic mass is 10.0. The average Bonchev–Trinajstić information content (AvgIpc) is 2.17. The first-order chi connectivity index (χ1) is 6.56. The SMILES string of the molecule is COC(=S)c1ccc(C)c(C(C)=O)c1. The third-order valence-corrected chi connectivity index (χ3v) is 2.44. The van der Waals surface area contributed by atoms with Crippen LogP contribution in [0.2, 0.25) is 0 Å². The Labute approximate surface area is 88.9 Å². The number of benzene rings is 1. The van der Waals surface area contributed by atoms with Crippen LogP contribution in [-0.2, 0) is 4.74 Å². The van der Waals surface area contributed by atoms with Crippen LogP contribution in [0.1, 0.15) is 28.4 Å². The standard InChI is InChI=1S/C11H12O2S/c1-7-4-5-9(11(14)13-3)6-10(7)8(2)12/h4-6H,1-3H3. The van der Waals surface area contributed by atoms with Gasteiger partial charge in [-0.15, -0.1) is 0 Å². The maximum Gasteiger partial charge on any atom is 0.190 e. The van der Waals surface area contributed by atoms with Gasteiger partial charge in [0.1, 0.15) is 0 Å². The molecule has 0 radical (unpaired) electrons. The van der Waals surface area contributed by atoms with Crippen molar-refractivity contribution in [1.29, 1.82) is 0 Å². The zero-order chi connectivity index (χ0) is 10.7. The van der Waals surface area contributed by atoms with Crippen LogP contribution >= 0.6 is 12.2 Å². The molecule has 0 heterocycles. The molecule has 0 atom stereocenters. The molecule has 0 unspecified atom stereocenters. The Morgan fingerprint density at radius 1 is 1.43 bits per heavy atom. The lowest BCUT2D eigenvalue weighted by Crippen LogP contribution is -2.03. The number of rotatable bonds is 2. The van der Waals surface area contributed by atoms with Crippen molar-refractivity contribution in [3.8, 4) is 0 Å². The van der Waals surface area contributed by atoms with Crippen molar-refractivity contribution >= 4 is 23.1 Å². The zero-order valence-electron chi connectivity index (χ0n) is 8.46. The van der Waals surface area contributed by atoms with Crippen molar-refractivity contribution in [3.05, 3.63) is 34.9 Å². The molecule has 0 aromatic heterocycles. The maximum atomic E-state index is 11.2. The number of thiocarbonyl (C=S) groups is 1. The van der Waals surface area contributed by atoms with Crippen LogP contribution in [0.15, 0.2) is 18.2 Å². The van der Waals surface area contributed by atoms with E-state index < -0.39 is 0 Å². The molecular weight excluding hydrogens is 196 g/mol. The minimum absolute atomic E-state index is 0.0447. The third-order valence-electron chi connectivity index (χ3n) is 2.04. The second-order valence-electron chi connectivity index (χ2n) is 3.08. The summed E-state index contributed by atoms with van der Waals surface area (Å²) in [5.41, 5.74) is 2.43. The molecule has 74 valence electrons. The molecule has 0 saturated heterocycles. The van der Waals surface area contributed by atoms with Crippen molar-refractivity contribution in [2.45, 2.75) is 13.8 Å². The van der Waals surface area contributed by atoms with Crippen molar-refractivity contribution in [1.82, 2.24) is 0 Å². The van der Waals surface area contributed by atoms with E-state index >= 15 is 0 Å². The highest BCUT2D eigenvalue weighted by atomic mass is 32.1. The summed E-state index contributed by atoms with van der Waals surface area (Å²) in [4.78, 5) is 11.2. The Morgan fingerprint density at radius 3 is 2.57 bits per heavy atom. The quantitative estimate of drug-likeness (QED) is 0.552. The molecule has 0 amide bonds. The molecule has 0 aliphatic carbocycles. The van der Waals surface area contributed by atoms with Gasteiger partial charge in [0, 0.05) is 11.1 Å². The molecule has 1 aromatic rings. The predicted molar refractivity (Wildman–Crippen MR) is 59.9 cm³/mol. The molecule has 1 rings (SSSR count). The Balaban J connectivity index is 3.19. The highest BCUT2D eigenvalue weighted by Gasteiger charge is 2.07. The van der Waals surface area contributed by atoms with Gasteiger partial charge in [0.15, 0.2) is 10.8 Å². The molecular formula is C11H12O2S. The largest absolute Gasteiger partial charge is 0.486 e.